The third-order valence-electron chi connectivity index (χ3n) is 2.84. The van der Waals surface area contributed by atoms with Crippen LogP contribution in [0.1, 0.15) is 22.8 Å². The van der Waals surface area contributed by atoms with Crippen LogP contribution in [-0.4, -0.2) is 33.7 Å². The number of carbonyl (C=O) groups is 1. The Hall–Kier alpha value is -1.91. The van der Waals surface area contributed by atoms with Crippen molar-refractivity contribution in [2.45, 2.75) is 12.5 Å². The topological polar surface area (TPSA) is 73.3 Å². The highest BCUT2D eigenvalue weighted by Crippen LogP contribution is 2.23. The SMILES string of the molecule is CC(O)(/C=C/c1cccc2[nH]cc(C=O)c12)CO. The van der Waals surface area contributed by atoms with E-state index >= 15 is 0 Å². The van der Waals surface area contributed by atoms with Crippen LogP contribution in [0, 0.1) is 0 Å². The van der Waals surface area contributed by atoms with E-state index in [4.69, 9.17) is 5.11 Å². The Morgan fingerprint density at radius 2 is 2.17 bits per heavy atom. The first-order valence-electron chi connectivity index (χ1n) is 5.65. The number of hydrogen-bond acceptors (Lipinski definition) is 3. The molecule has 1 unspecified atom stereocenters. The number of aliphatic hydroxyl groups excluding tert-OH is 1. The zero-order chi connectivity index (χ0) is 13.2. The molecule has 1 atom stereocenters. The van der Waals surface area contributed by atoms with Crippen molar-refractivity contribution in [3.63, 3.8) is 0 Å². The van der Waals surface area contributed by atoms with Crippen molar-refractivity contribution in [1.82, 2.24) is 4.98 Å². The molecule has 94 valence electrons. The number of aldehydes is 1. The lowest BCUT2D eigenvalue weighted by molar-refractivity contribution is 0.0442. The largest absolute Gasteiger partial charge is 0.393 e. The number of nitrogens with one attached hydrogen (secondary N) is 1. The van der Waals surface area contributed by atoms with Crippen molar-refractivity contribution in [2.24, 2.45) is 0 Å². The summed E-state index contributed by atoms with van der Waals surface area (Å²) in [5.41, 5.74) is 1.00. The summed E-state index contributed by atoms with van der Waals surface area (Å²) in [7, 11) is 0. The number of hydrogen-bond donors (Lipinski definition) is 3. The molecule has 0 aliphatic heterocycles. The molecule has 0 aliphatic carbocycles. The van der Waals surface area contributed by atoms with E-state index in [9.17, 15) is 9.90 Å². The Balaban J connectivity index is 2.51. The van der Waals surface area contributed by atoms with Gasteiger partial charge in [-0.25, -0.2) is 0 Å². The molecule has 18 heavy (non-hydrogen) atoms. The van der Waals surface area contributed by atoms with E-state index in [0.29, 0.717) is 5.56 Å². The van der Waals surface area contributed by atoms with Crippen molar-refractivity contribution >= 4 is 23.3 Å². The molecule has 1 aromatic carbocycles. The van der Waals surface area contributed by atoms with Gasteiger partial charge in [0, 0.05) is 22.7 Å². The summed E-state index contributed by atoms with van der Waals surface area (Å²) < 4.78 is 0. The Morgan fingerprint density at radius 1 is 1.39 bits per heavy atom. The summed E-state index contributed by atoms with van der Waals surface area (Å²) in [5, 5.41) is 19.5. The van der Waals surface area contributed by atoms with Crippen LogP contribution in [0.25, 0.3) is 17.0 Å². The van der Waals surface area contributed by atoms with Crippen LogP contribution in [0.4, 0.5) is 0 Å². The molecule has 0 amide bonds. The third kappa shape index (κ3) is 2.34. The Labute approximate surface area is 105 Å². The Kier molecular flexibility index (Phi) is 3.32. The second-order valence-electron chi connectivity index (χ2n) is 4.48. The van der Waals surface area contributed by atoms with Crippen LogP contribution in [0.15, 0.2) is 30.5 Å². The van der Waals surface area contributed by atoms with Crippen molar-refractivity contribution in [3.8, 4) is 0 Å². The Morgan fingerprint density at radius 3 is 2.83 bits per heavy atom. The molecule has 4 nitrogen and oxygen atoms in total. The minimum atomic E-state index is -1.26. The average Bonchev–Trinajstić information content (AvgIpc) is 2.80. The summed E-state index contributed by atoms with van der Waals surface area (Å²) in [4.78, 5) is 14.0. The number of H-pyrrole nitrogens is 1. The van der Waals surface area contributed by atoms with Crippen molar-refractivity contribution in [2.75, 3.05) is 6.61 Å². The minimum Gasteiger partial charge on any atom is -0.393 e. The third-order valence-corrected chi connectivity index (χ3v) is 2.84. The predicted octanol–water partition coefficient (Wildman–Crippen LogP) is 1.74. The summed E-state index contributed by atoms with van der Waals surface area (Å²) in [6, 6.07) is 5.59. The number of rotatable bonds is 4. The summed E-state index contributed by atoms with van der Waals surface area (Å²) in [6.07, 6.45) is 5.67. The van der Waals surface area contributed by atoms with Crippen LogP contribution in [0.2, 0.25) is 0 Å². The first kappa shape index (κ1) is 12.5. The summed E-state index contributed by atoms with van der Waals surface area (Å²) >= 11 is 0. The molecule has 3 N–H and O–H groups in total. The van der Waals surface area contributed by atoms with Crippen molar-refractivity contribution in [1.29, 1.82) is 0 Å². The average molecular weight is 245 g/mol. The number of carbonyl (C=O) groups excluding carboxylic acids is 1. The van der Waals surface area contributed by atoms with Gasteiger partial charge in [0.05, 0.1) is 6.61 Å². The van der Waals surface area contributed by atoms with Gasteiger partial charge in [-0.2, -0.15) is 0 Å². The number of aliphatic hydroxyl groups is 2. The first-order valence-corrected chi connectivity index (χ1v) is 5.65. The quantitative estimate of drug-likeness (QED) is 0.718. The highest BCUT2D eigenvalue weighted by Gasteiger charge is 2.14. The van der Waals surface area contributed by atoms with Gasteiger partial charge in [-0.15, -0.1) is 0 Å². The van der Waals surface area contributed by atoms with Crippen molar-refractivity contribution in [3.05, 3.63) is 41.6 Å². The van der Waals surface area contributed by atoms with Crippen LogP contribution < -0.4 is 0 Å². The Bertz CT molecular complexity index is 596. The van der Waals surface area contributed by atoms with Gasteiger partial charge in [0.15, 0.2) is 6.29 Å². The zero-order valence-corrected chi connectivity index (χ0v) is 10.1. The second kappa shape index (κ2) is 4.76. The van der Waals surface area contributed by atoms with Gasteiger partial charge in [0.2, 0.25) is 0 Å². The molecule has 0 saturated heterocycles. The van der Waals surface area contributed by atoms with E-state index in [1.807, 2.05) is 18.2 Å². The molecule has 0 fully saturated rings. The molecule has 2 rings (SSSR count). The number of benzene rings is 1. The summed E-state index contributed by atoms with van der Waals surface area (Å²) in [6.45, 7) is 1.16. The molecule has 0 saturated carbocycles. The highest BCUT2D eigenvalue weighted by molar-refractivity contribution is 6.01. The monoisotopic (exact) mass is 245 g/mol. The highest BCUT2D eigenvalue weighted by atomic mass is 16.3. The van der Waals surface area contributed by atoms with Gasteiger partial charge >= 0.3 is 0 Å². The van der Waals surface area contributed by atoms with Crippen LogP contribution in [-0.2, 0) is 0 Å². The van der Waals surface area contributed by atoms with E-state index in [1.165, 1.54) is 13.0 Å². The molecular weight excluding hydrogens is 230 g/mol. The molecule has 0 radical (unpaired) electrons. The van der Waals surface area contributed by atoms with Gasteiger partial charge < -0.3 is 15.2 Å². The molecule has 1 heterocycles. The van der Waals surface area contributed by atoms with Gasteiger partial charge in [-0.1, -0.05) is 24.3 Å². The predicted molar refractivity (Wildman–Crippen MR) is 70.4 cm³/mol. The lowest BCUT2D eigenvalue weighted by atomic mass is 10.0. The first-order chi connectivity index (χ1) is 8.57. The lowest BCUT2D eigenvalue weighted by Crippen LogP contribution is -2.25. The van der Waals surface area contributed by atoms with Gasteiger partial charge in [0.1, 0.15) is 5.60 Å². The van der Waals surface area contributed by atoms with E-state index in [-0.39, 0.29) is 6.61 Å². The van der Waals surface area contributed by atoms with Crippen LogP contribution >= 0.6 is 0 Å². The van der Waals surface area contributed by atoms with Gasteiger partial charge in [0.25, 0.3) is 0 Å². The maximum atomic E-state index is 11.0. The standard InChI is InChI=1S/C14H15NO3/c1-14(18,9-17)6-5-10-3-2-4-12-13(10)11(8-16)7-15-12/h2-8,15,17-18H,9H2,1H3/b6-5+. The van der Waals surface area contributed by atoms with E-state index in [1.54, 1.807) is 12.3 Å². The fourth-order valence-corrected chi connectivity index (χ4v) is 1.79. The minimum absolute atomic E-state index is 0.354. The number of aromatic nitrogens is 1. The van der Waals surface area contributed by atoms with E-state index < -0.39 is 5.60 Å². The van der Waals surface area contributed by atoms with Crippen LogP contribution in [0.3, 0.4) is 0 Å². The maximum absolute atomic E-state index is 11.0. The van der Waals surface area contributed by atoms with Crippen molar-refractivity contribution < 1.29 is 15.0 Å². The zero-order valence-electron chi connectivity index (χ0n) is 10.1. The van der Waals surface area contributed by atoms with E-state index in [0.717, 1.165) is 22.8 Å². The fourth-order valence-electron chi connectivity index (χ4n) is 1.79. The number of fused-ring (bicyclic) bond motifs is 1. The molecule has 1 aromatic heterocycles. The second-order valence-corrected chi connectivity index (χ2v) is 4.48. The molecular formula is C14H15NO3. The van der Waals surface area contributed by atoms with E-state index in [2.05, 4.69) is 4.98 Å². The summed E-state index contributed by atoms with van der Waals surface area (Å²) in [5.74, 6) is 0. The maximum Gasteiger partial charge on any atom is 0.152 e. The van der Waals surface area contributed by atoms with Crippen LogP contribution in [0.5, 0.6) is 0 Å². The fraction of sp³-hybridized carbons (Fsp3) is 0.214. The molecule has 4 heteroatoms. The normalized spacial score (nSPS) is 15.1. The van der Waals surface area contributed by atoms with Gasteiger partial charge in [-0.05, 0) is 18.6 Å². The molecule has 2 aromatic rings. The molecule has 0 spiro atoms. The molecule has 0 aliphatic rings. The smallest absolute Gasteiger partial charge is 0.152 e. The lowest BCUT2D eigenvalue weighted by Gasteiger charge is -2.14. The number of aromatic amines is 1. The molecule has 0 bridgehead atoms. The van der Waals surface area contributed by atoms with Gasteiger partial charge in [-0.3, -0.25) is 4.79 Å².